The Labute approximate surface area is 199 Å². The topological polar surface area (TPSA) is 63.8 Å². The van der Waals surface area contributed by atoms with Crippen molar-refractivity contribution < 1.29 is 22.7 Å². The number of imidazole rings is 1. The maximum Gasteiger partial charge on any atom is 0.488 e. The van der Waals surface area contributed by atoms with Crippen LogP contribution in [-0.4, -0.2) is 46.2 Å². The third-order valence-corrected chi connectivity index (χ3v) is 6.20. The summed E-state index contributed by atoms with van der Waals surface area (Å²) in [5, 5.41) is 2.77. The number of morpholine rings is 1. The molecule has 5 rings (SSSR count). The molecule has 4 aromatic rings. The lowest BCUT2D eigenvalue weighted by Crippen LogP contribution is -2.36. The average molecular weight is 483 g/mol. The molecule has 1 N–H and O–H groups in total. The zero-order valence-corrected chi connectivity index (χ0v) is 19.3. The molecule has 1 saturated heterocycles. The fourth-order valence-electron chi connectivity index (χ4n) is 4.38. The second-order valence-electron chi connectivity index (χ2n) is 8.58. The Balaban J connectivity index is 1.51. The van der Waals surface area contributed by atoms with Gasteiger partial charge >= 0.3 is 6.30 Å². The van der Waals surface area contributed by atoms with Crippen LogP contribution < -0.4 is 10.2 Å². The number of carbonyl (C=O) groups is 1. The number of anilines is 2. The van der Waals surface area contributed by atoms with Gasteiger partial charge in [-0.25, -0.2) is 4.98 Å². The van der Waals surface area contributed by atoms with Gasteiger partial charge in [-0.2, -0.15) is 0 Å². The van der Waals surface area contributed by atoms with Crippen LogP contribution in [0.4, 0.5) is 24.5 Å². The van der Waals surface area contributed by atoms with Crippen LogP contribution in [0.15, 0.2) is 55.2 Å². The Morgan fingerprint density at radius 1 is 1.06 bits per heavy atom. The van der Waals surface area contributed by atoms with Crippen molar-refractivity contribution in [3.05, 3.63) is 71.9 Å². The summed E-state index contributed by atoms with van der Waals surface area (Å²) in [7, 11) is 0. The lowest BCUT2D eigenvalue weighted by molar-refractivity contribution is -0.203. The van der Waals surface area contributed by atoms with Gasteiger partial charge in [0.2, 0.25) is 0 Å². The molecule has 7 nitrogen and oxygen atoms in total. The molecule has 10 heteroatoms. The molecule has 1 aliphatic rings. The summed E-state index contributed by atoms with van der Waals surface area (Å²) < 4.78 is 46.3. The summed E-state index contributed by atoms with van der Waals surface area (Å²) >= 11 is 0. The summed E-state index contributed by atoms with van der Waals surface area (Å²) in [6.45, 7) is 6.66. The highest BCUT2D eigenvalue weighted by Gasteiger charge is 2.30. The second kappa shape index (κ2) is 8.77. The molecule has 1 amide bonds. The monoisotopic (exact) mass is 483 g/mol. The molecule has 182 valence electrons. The van der Waals surface area contributed by atoms with Gasteiger partial charge in [0.05, 0.1) is 24.5 Å². The quantitative estimate of drug-likeness (QED) is 0.445. The Bertz CT molecular complexity index is 1400. The molecule has 4 heterocycles. The van der Waals surface area contributed by atoms with Gasteiger partial charge in [-0.1, -0.05) is 6.07 Å². The number of ether oxygens (including phenoxy) is 1. The predicted octanol–water partition coefficient (Wildman–Crippen LogP) is 4.98. The van der Waals surface area contributed by atoms with Gasteiger partial charge in [0.25, 0.3) is 5.91 Å². The first-order valence-electron chi connectivity index (χ1n) is 11.2. The van der Waals surface area contributed by atoms with E-state index in [0.717, 1.165) is 65.1 Å². The molecule has 1 aliphatic heterocycles. The van der Waals surface area contributed by atoms with Crippen molar-refractivity contribution >= 4 is 22.9 Å². The number of fused-ring (bicyclic) bond motifs is 1. The van der Waals surface area contributed by atoms with Crippen molar-refractivity contribution in [1.82, 2.24) is 14.0 Å². The van der Waals surface area contributed by atoms with Gasteiger partial charge < -0.3 is 19.4 Å². The number of aromatic nitrogens is 3. The maximum absolute atomic E-state index is 12.9. The fraction of sp³-hybridized carbons (Fsp3) is 0.280. The zero-order valence-electron chi connectivity index (χ0n) is 19.3. The number of amides is 1. The van der Waals surface area contributed by atoms with Crippen molar-refractivity contribution in [1.29, 1.82) is 0 Å². The standard InChI is InChI=1S/C25H24F3N5O2/c1-16-11-17(2)21(30-24(34)18-3-5-33(15-18)25(26,27)28)13-20(16)19-12-22(31-7-9-35-10-8-31)23-29-4-6-32(23)14-19/h3-6,11-15H,7-10H2,1-2H3,(H,30,34). The van der Waals surface area contributed by atoms with E-state index in [9.17, 15) is 18.0 Å². The number of pyridine rings is 1. The molecule has 0 radical (unpaired) electrons. The summed E-state index contributed by atoms with van der Waals surface area (Å²) in [5.41, 5.74) is 5.98. The second-order valence-corrected chi connectivity index (χ2v) is 8.58. The van der Waals surface area contributed by atoms with Crippen LogP contribution in [0.2, 0.25) is 0 Å². The largest absolute Gasteiger partial charge is 0.488 e. The fourth-order valence-corrected chi connectivity index (χ4v) is 4.38. The van der Waals surface area contributed by atoms with Gasteiger partial charge in [-0.05, 0) is 48.7 Å². The Morgan fingerprint density at radius 2 is 1.83 bits per heavy atom. The van der Waals surface area contributed by atoms with Crippen LogP contribution in [0.25, 0.3) is 16.8 Å². The van der Waals surface area contributed by atoms with Gasteiger partial charge in [-0.3, -0.25) is 9.36 Å². The molecule has 0 saturated carbocycles. The molecule has 0 atom stereocenters. The molecule has 1 aromatic carbocycles. The number of rotatable bonds is 4. The molecule has 0 bridgehead atoms. The third-order valence-electron chi connectivity index (χ3n) is 6.20. The van der Waals surface area contributed by atoms with Crippen molar-refractivity contribution in [2.24, 2.45) is 0 Å². The van der Waals surface area contributed by atoms with Crippen LogP contribution in [0.3, 0.4) is 0 Å². The highest BCUT2D eigenvalue weighted by molar-refractivity contribution is 6.05. The molecule has 0 spiro atoms. The number of nitrogens with zero attached hydrogens (tertiary/aromatic N) is 4. The number of hydrogen-bond acceptors (Lipinski definition) is 4. The van der Waals surface area contributed by atoms with Gasteiger partial charge in [0, 0.05) is 55.3 Å². The Hall–Kier alpha value is -3.79. The lowest BCUT2D eigenvalue weighted by atomic mass is 9.97. The minimum absolute atomic E-state index is 0.0584. The van der Waals surface area contributed by atoms with Crippen molar-refractivity contribution in [3.8, 4) is 11.1 Å². The van der Waals surface area contributed by atoms with Crippen LogP contribution in [0.1, 0.15) is 21.5 Å². The van der Waals surface area contributed by atoms with Gasteiger partial charge in [0.1, 0.15) is 0 Å². The van der Waals surface area contributed by atoms with Gasteiger partial charge in [0.15, 0.2) is 5.65 Å². The molecule has 0 aliphatic carbocycles. The maximum atomic E-state index is 12.9. The number of carbonyl (C=O) groups excluding carboxylic acids is 1. The summed E-state index contributed by atoms with van der Waals surface area (Å²) in [4.78, 5) is 19.5. The molecule has 35 heavy (non-hydrogen) atoms. The average Bonchev–Trinajstić information content (AvgIpc) is 3.50. The van der Waals surface area contributed by atoms with Crippen LogP contribution in [0, 0.1) is 13.8 Å². The van der Waals surface area contributed by atoms with E-state index < -0.39 is 12.2 Å². The van der Waals surface area contributed by atoms with Crippen molar-refractivity contribution in [3.63, 3.8) is 0 Å². The van der Waals surface area contributed by atoms with E-state index >= 15 is 0 Å². The van der Waals surface area contributed by atoms with E-state index in [1.807, 2.05) is 42.8 Å². The summed E-state index contributed by atoms with van der Waals surface area (Å²) in [6, 6.07) is 7.05. The highest BCUT2D eigenvalue weighted by Crippen LogP contribution is 2.34. The summed E-state index contributed by atoms with van der Waals surface area (Å²) in [6.07, 6.45) is 2.66. The first-order valence-corrected chi connectivity index (χ1v) is 11.2. The molecule has 3 aromatic heterocycles. The number of hydrogen-bond donors (Lipinski definition) is 1. The van der Waals surface area contributed by atoms with Gasteiger partial charge in [-0.15, -0.1) is 13.2 Å². The van der Waals surface area contributed by atoms with Crippen molar-refractivity contribution in [2.75, 3.05) is 36.5 Å². The first-order chi connectivity index (χ1) is 16.7. The summed E-state index contributed by atoms with van der Waals surface area (Å²) in [5.74, 6) is -0.607. The van der Waals surface area contributed by atoms with E-state index in [2.05, 4.69) is 21.3 Å². The lowest BCUT2D eigenvalue weighted by Gasteiger charge is -2.29. The minimum Gasteiger partial charge on any atom is -0.378 e. The molecular weight excluding hydrogens is 459 g/mol. The third kappa shape index (κ3) is 4.49. The molecular formula is C25H24F3N5O2. The van der Waals surface area contributed by atoms with E-state index in [4.69, 9.17) is 4.74 Å². The SMILES string of the molecule is Cc1cc(C)c(-c2cc(N3CCOCC3)c3nccn3c2)cc1NC(=O)c1ccn(C(F)(F)F)c1. The van der Waals surface area contributed by atoms with E-state index in [0.29, 0.717) is 18.9 Å². The number of alkyl halides is 3. The molecule has 0 unspecified atom stereocenters. The Morgan fingerprint density at radius 3 is 2.54 bits per heavy atom. The van der Waals surface area contributed by atoms with Crippen LogP contribution in [0.5, 0.6) is 0 Å². The molecule has 1 fully saturated rings. The first kappa shape index (κ1) is 23.0. The number of halogens is 3. The van der Waals surface area contributed by atoms with Crippen LogP contribution in [-0.2, 0) is 11.0 Å². The van der Waals surface area contributed by atoms with Crippen molar-refractivity contribution in [2.45, 2.75) is 20.1 Å². The Kier molecular flexibility index (Phi) is 5.76. The zero-order chi connectivity index (χ0) is 24.7. The number of benzene rings is 1. The van der Waals surface area contributed by atoms with E-state index in [1.165, 1.54) is 0 Å². The number of aryl methyl sites for hydroxylation is 2. The van der Waals surface area contributed by atoms with E-state index in [-0.39, 0.29) is 10.1 Å². The van der Waals surface area contributed by atoms with Crippen LogP contribution >= 0.6 is 0 Å². The smallest absolute Gasteiger partial charge is 0.378 e. The predicted molar refractivity (Wildman–Crippen MR) is 127 cm³/mol. The van der Waals surface area contributed by atoms with E-state index in [1.54, 1.807) is 6.20 Å². The number of nitrogens with one attached hydrogen (secondary N) is 1. The highest BCUT2D eigenvalue weighted by atomic mass is 19.4. The minimum atomic E-state index is -4.57. The normalized spacial score (nSPS) is 14.5.